The molecule has 0 radical (unpaired) electrons. The fraction of sp³-hybridized carbons (Fsp3) is 0.407. The SMILES string of the molecule is Cc1ccc(-n2ncc(N3CCN(S(=O)(=O)Cc4ccccc4)CC3)c(OC3CCCC3)c2=O)cc1. The maximum Gasteiger partial charge on any atom is 0.316 e. The third-order valence-corrected chi connectivity index (χ3v) is 8.79. The number of hydrogen-bond donors (Lipinski definition) is 0. The number of benzene rings is 2. The molecule has 0 atom stereocenters. The zero-order valence-corrected chi connectivity index (χ0v) is 21.4. The Morgan fingerprint density at radius 1 is 0.944 bits per heavy atom. The van der Waals surface area contributed by atoms with Gasteiger partial charge in [-0.3, -0.25) is 4.79 Å². The highest BCUT2D eigenvalue weighted by atomic mass is 32.2. The molecule has 190 valence electrons. The van der Waals surface area contributed by atoms with Gasteiger partial charge >= 0.3 is 5.56 Å². The molecule has 1 aliphatic carbocycles. The van der Waals surface area contributed by atoms with Crippen LogP contribution in [0.15, 0.2) is 65.6 Å². The van der Waals surface area contributed by atoms with E-state index in [1.807, 2.05) is 66.4 Å². The molecule has 0 bridgehead atoms. The van der Waals surface area contributed by atoms with Gasteiger partial charge in [0.2, 0.25) is 15.8 Å². The minimum absolute atomic E-state index is 0.0119. The van der Waals surface area contributed by atoms with E-state index in [1.54, 1.807) is 6.20 Å². The minimum atomic E-state index is -3.43. The van der Waals surface area contributed by atoms with Gasteiger partial charge in [-0.05, 0) is 50.3 Å². The molecule has 2 fully saturated rings. The van der Waals surface area contributed by atoms with Crippen molar-refractivity contribution in [2.24, 2.45) is 0 Å². The summed E-state index contributed by atoms with van der Waals surface area (Å²) in [6.45, 7) is 3.62. The van der Waals surface area contributed by atoms with E-state index in [0.29, 0.717) is 43.3 Å². The lowest BCUT2D eigenvalue weighted by atomic mass is 10.2. The highest BCUT2D eigenvalue weighted by Crippen LogP contribution is 2.30. The summed E-state index contributed by atoms with van der Waals surface area (Å²) in [5.41, 5.74) is 2.91. The van der Waals surface area contributed by atoms with Crippen LogP contribution >= 0.6 is 0 Å². The van der Waals surface area contributed by atoms with E-state index >= 15 is 0 Å². The van der Waals surface area contributed by atoms with Crippen molar-refractivity contribution in [3.05, 3.63) is 82.3 Å². The highest BCUT2D eigenvalue weighted by Gasteiger charge is 2.30. The molecule has 5 rings (SSSR count). The fourth-order valence-electron chi connectivity index (χ4n) is 4.89. The molecule has 2 aliphatic rings. The largest absolute Gasteiger partial charge is 0.483 e. The van der Waals surface area contributed by atoms with Crippen molar-refractivity contribution in [1.82, 2.24) is 14.1 Å². The summed E-state index contributed by atoms with van der Waals surface area (Å²) in [5.74, 6) is 0.288. The molecule has 1 aromatic heterocycles. The third kappa shape index (κ3) is 5.32. The molecular weight excluding hydrogens is 476 g/mol. The molecule has 36 heavy (non-hydrogen) atoms. The van der Waals surface area contributed by atoms with Crippen LogP contribution in [0.5, 0.6) is 5.75 Å². The minimum Gasteiger partial charge on any atom is -0.483 e. The molecule has 0 N–H and O–H groups in total. The Morgan fingerprint density at radius 3 is 2.28 bits per heavy atom. The first-order valence-corrected chi connectivity index (χ1v) is 14.1. The van der Waals surface area contributed by atoms with Crippen LogP contribution in [0, 0.1) is 6.92 Å². The van der Waals surface area contributed by atoms with Gasteiger partial charge in [-0.2, -0.15) is 14.1 Å². The van der Waals surface area contributed by atoms with Crippen molar-refractivity contribution in [2.45, 2.75) is 44.5 Å². The van der Waals surface area contributed by atoms with E-state index in [1.165, 1.54) is 8.99 Å². The average Bonchev–Trinajstić information content (AvgIpc) is 3.40. The lowest BCUT2D eigenvalue weighted by molar-refractivity contribution is 0.205. The summed E-state index contributed by atoms with van der Waals surface area (Å²) < 4.78 is 35.2. The van der Waals surface area contributed by atoms with Crippen LogP contribution in [0.2, 0.25) is 0 Å². The summed E-state index contributed by atoms with van der Waals surface area (Å²) in [7, 11) is -3.43. The molecule has 3 aromatic rings. The molecule has 2 aromatic carbocycles. The number of sulfonamides is 1. The smallest absolute Gasteiger partial charge is 0.316 e. The number of anilines is 1. The maximum atomic E-state index is 13.6. The molecule has 0 amide bonds. The molecule has 1 aliphatic heterocycles. The second kappa shape index (κ2) is 10.4. The second-order valence-electron chi connectivity index (χ2n) is 9.56. The number of ether oxygens (including phenoxy) is 1. The number of aryl methyl sites for hydroxylation is 1. The molecule has 0 unspecified atom stereocenters. The van der Waals surface area contributed by atoms with Crippen molar-refractivity contribution in [3.8, 4) is 11.4 Å². The van der Waals surface area contributed by atoms with Gasteiger partial charge in [0, 0.05) is 26.2 Å². The number of aromatic nitrogens is 2. The monoisotopic (exact) mass is 508 g/mol. The van der Waals surface area contributed by atoms with Gasteiger partial charge in [0.05, 0.1) is 23.7 Å². The summed E-state index contributed by atoms with van der Waals surface area (Å²) >= 11 is 0. The van der Waals surface area contributed by atoms with Crippen LogP contribution in [-0.4, -0.2) is 54.8 Å². The highest BCUT2D eigenvalue weighted by molar-refractivity contribution is 7.88. The lowest BCUT2D eigenvalue weighted by Gasteiger charge is -2.36. The lowest BCUT2D eigenvalue weighted by Crippen LogP contribution is -2.49. The van der Waals surface area contributed by atoms with Crippen molar-refractivity contribution >= 4 is 15.7 Å². The second-order valence-corrected chi connectivity index (χ2v) is 11.5. The predicted molar refractivity (Wildman–Crippen MR) is 140 cm³/mol. The van der Waals surface area contributed by atoms with Crippen molar-refractivity contribution in [3.63, 3.8) is 0 Å². The molecule has 9 heteroatoms. The Kier molecular flexibility index (Phi) is 7.11. The standard InChI is InChI=1S/C27H32N4O4S/c1-21-11-13-23(14-12-21)31-27(32)26(35-24-9-5-6-10-24)25(19-28-31)29-15-17-30(18-16-29)36(33,34)20-22-7-3-2-4-8-22/h2-4,7-8,11-14,19,24H,5-6,9-10,15-18,20H2,1H3. The molecule has 1 saturated carbocycles. The Hall–Kier alpha value is -3.17. The van der Waals surface area contributed by atoms with Crippen LogP contribution in [0.4, 0.5) is 5.69 Å². The summed E-state index contributed by atoms with van der Waals surface area (Å²) in [6, 6.07) is 16.9. The van der Waals surface area contributed by atoms with Crippen LogP contribution in [0.3, 0.4) is 0 Å². The Labute approximate surface area is 212 Å². The Morgan fingerprint density at radius 2 is 1.61 bits per heavy atom. The number of nitrogens with zero attached hydrogens (tertiary/aromatic N) is 4. The normalized spacial score (nSPS) is 17.4. The first-order valence-electron chi connectivity index (χ1n) is 12.5. The summed E-state index contributed by atoms with van der Waals surface area (Å²) in [5, 5.41) is 4.46. The Bertz CT molecular complexity index is 1340. The van der Waals surface area contributed by atoms with Crippen LogP contribution < -0.4 is 15.2 Å². The van der Waals surface area contributed by atoms with E-state index in [2.05, 4.69) is 5.10 Å². The first kappa shape index (κ1) is 24.5. The fourth-order valence-corrected chi connectivity index (χ4v) is 6.41. The van der Waals surface area contributed by atoms with Gasteiger partial charge in [-0.1, -0.05) is 48.0 Å². The zero-order valence-electron chi connectivity index (χ0n) is 20.5. The van der Waals surface area contributed by atoms with Gasteiger partial charge in [0.1, 0.15) is 5.69 Å². The predicted octanol–water partition coefficient (Wildman–Crippen LogP) is 3.51. The van der Waals surface area contributed by atoms with Gasteiger partial charge in [0.25, 0.3) is 0 Å². The number of piperazine rings is 1. The first-order chi connectivity index (χ1) is 17.4. The average molecular weight is 509 g/mol. The molecule has 1 saturated heterocycles. The van der Waals surface area contributed by atoms with Crippen molar-refractivity contribution < 1.29 is 13.2 Å². The van der Waals surface area contributed by atoms with Gasteiger partial charge in [0.15, 0.2) is 0 Å². The molecule has 8 nitrogen and oxygen atoms in total. The van der Waals surface area contributed by atoms with Crippen LogP contribution in [0.1, 0.15) is 36.8 Å². The third-order valence-electron chi connectivity index (χ3n) is 6.94. The van der Waals surface area contributed by atoms with Gasteiger partial charge in [-0.25, -0.2) is 8.42 Å². The quantitative estimate of drug-likeness (QED) is 0.486. The van der Waals surface area contributed by atoms with E-state index < -0.39 is 10.0 Å². The van der Waals surface area contributed by atoms with E-state index in [9.17, 15) is 13.2 Å². The van der Waals surface area contributed by atoms with E-state index in [4.69, 9.17) is 4.74 Å². The number of rotatable bonds is 7. The van der Waals surface area contributed by atoms with Gasteiger partial charge in [-0.15, -0.1) is 0 Å². The topological polar surface area (TPSA) is 84.7 Å². The van der Waals surface area contributed by atoms with Crippen LogP contribution in [0.25, 0.3) is 5.69 Å². The Balaban J connectivity index is 1.38. The zero-order chi connectivity index (χ0) is 25.1. The maximum absolute atomic E-state index is 13.6. The summed E-state index contributed by atoms with van der Waals surface area (Å²) in [4.78, 5) is 15.6. The van der Waals surface area contributed by atoms with Crippen molar-refractivity contribution in [1.29, 1.82) is 0 Å². The summed E-state index contributed by atoms with van der Waals surface area (Å²) in [6.07, 6.45) is 5.73. The van der Waals surface area contributed by atoms with Gasteiger partial charge < -0.3 is 9.64 Å². The van der Waals surface area contributed by atoms with Crippen molar-refractivity contribution in [2.75, 3.05) is 31.1 Å². The molecule has 2 heterocycles. The number of hydrogen-bond acceptors (Lipinski definition) is 6. The molecular formula is C27H32N4O4S. The van der Waals surface area contributed by atoms with E-state index in [-0.39, 0.29) is 17.4 Å². The van der Waals surface area contributed by atoms with E-state index in [0.717, 1.165) is 36.8 Å². The van der Waals surface area contributed by atoms with Crippen LogP contribution in [-0.2, 0) is 15.8 Å². The molecule has 0 spiro atoms.